The van der Waals surface area contributed by atoms with Crippen molar-refractivity contribution in [2.75, 3.05) is 33.4 Å². The van der Waals surface area contributed by atoms with Gasteiger partial charge in [-0.1, -0.05) is 18.2 Å². The van der Waals surface area contributed by atoms with Gasteiger partial charge in [-0.3, -0.25) is 9.78 Å². The maximum absolute atomic E-state index is 12.5. The molecule has 0 spiro atoms. The van der Waals surface area contributed by atoms with Gasteiger partial charge < -0.3 is 23.5 Å². The zero-order valence-corrected chi connectivity index (χ0v) is 15.5. The number of ether oxygens (including phenoxy) is 3. The van der Waals surface area contributed by atoms with E-state index in [0.717, 1.165) is 10.9 Å². The lowest BCUT2D eigenvalue weighted by atomic mass is 10.2. The summed E-state index contributed by atoms with van der Waals surface area (Å²) in [6.07, 6.45) is 2.93. The Bertz CT molecular complexity index is 946. The van der Waals surface area contributed by atoms with Crippen molar-refractivity contribution in [2.24, 2.45) is 0 Å². The molecule has 3 heterocycles. The van der Waals surface area contributed by atoms with Gasteiger partial charge in [-0.15, -0.1) is 0 Å². The lowest BCUT2D eigenvalue weighted by Gasteiger charge is -2.27. The van der Waals surface area contributed by atoms with E-state index in [4.69, 9.17) is 18.6 Å². The van der Waals surface area contributed by atoms with Crippen molar-refractivity contribution in [1.29, 1.82) is 0 Å². The van der Waals surface area contributed by atoms with Gasteiger partial charge in [0.15, 0.2) is 12.3 Å². The number of oxazole rings is 1. The highest BCUT2D eigenvalue weighted by atomic mass is 16.6. The number of likely N-dealkylation sites (N-methyl/N-ethyl adjacent to an activating group) is 1. The third-order valence-corrected chi connectivity index (χ3v) is 4.43. The summed E-state index contributed by atoms with van der Waals surface area (Å²) >= 11 is 0. The predicted octanol–water partition coefficient (Wildman–Crippen LogP) is 2.29. The van der Waals surface area contributed by atoms with Crippen LogP contribution in [0.4, 0.5) is 0 Å². The number of nitrogens with zero attached hydrogens (tertiary/aromatic N) is 3. The lowest BCUT2D eigenvalue weighted by molar-refractivity contribution is -0.0933. The summed E-state index contributed by atoms with van der Waals surface area (Å²) in [5.41, 5.74) is 0.996. The molecule has 1 aliphatic heterocycles. The van der Waals surface area contributed by atoms with Crippen LogP contribution in [0.5, 0.6) is 5.75 Å². The molecule has 1 atom stereocenters. The Balaban J connectivity index is 1.37. The molecule has 1 amide bonds. The predicted molar refractivity (Wildman–Crippen MR) is 100 cm³/mol. The van der Waals surface area contributed by atoms with Gasteiger partial charge in [0.1, 0.15) is 17.5 Å². The van der Waals surface area contributed by atoms with E-state index in [1.54, 1.807) is 18.1 Å². The number of carbonyl (C=O) groups is 1. The summed E-state index contributed by atoms with van der Waals surface area (Å²) in [6.45, 7) is 2.15. The molecular formula is C20H21N3O5. The first-order chi connectivity index (χ1) is 13.7. The standard InChI is InChI=1S/C20H21N3O5/c1-23(10-15-11-25-8-9-26-15)20(24)16-12-28-18(22-16)13-27-17-6-2-4-14-5-3-7-21-19(14)17/h2-7,12,15H,8-11,13H2,1H3. The number of amides is 1. The third-order valence-electron chi connectivity index (χ3n) is 4.43. The molecule has 1 saturated heterocycles. The van der Waals surface area contributed by atoms with Gasteiger partial charge in [0.05, 0.1) is 25.9 Å². The second kappa shape index (κ2) is 8.37. The van der Waals surface area contributed by atoms with E-state index in [0.29, 0.717) is 38.0 Å². The highest BCUT2D eigenvalue weighted by Crippen LogP contribution is 2.23. The Kier molecular flexibility index (Phi) is 5.50. The van der Waals surface area contributed by atoms with Crippen LogP contribution in [0.25, 0.3) is 10.9 Å². The number of carbonyl (C=O) groups excluding carboxylic acids is 1. The van der Waals surface area contributed by atoms with Crippen LogP contribution in [0.3, 0.4) is 0 Å². The molecule has 1 aromatic carbocycles. The van der Waals surface area contributed by atoms with Crippen molar-refractivity contribution in [3.05, 3.63) is 54.4 Å². The van der Waals surface area contributed by atoms with Gasteiger partial charge in [-0.2, -0.15) is 0 Å². The van der Waals surface area contributed by atoms with Crippen LogP contribution in [0.2, 0.25) is 0 Å². The minimum Gasteiger partial charge on any atom is -0.482 e. The Morgan fingerprint density at radius 2 is 2.18 bits per heavy atom. The largest absolute Gasteiger partial charge is 0.482 e. The number of rotatable bonds is 6. The van der Waals surface area contributed by atoms with Crippen LogP contribution in [-0.4, -0.2) is 60.3 Å². The van der Waals surface area contributed by atoms with Crippen molar-refractivity contribution >= 4 is 16.8 Å². The zero-order chi connectivity index (χ0) is 19.3. The quantitative estimate of drug-likeness (QED) is 0.645. The Labute approximate surface area is 162 Å². The molecule has 28 heavy (non-hydrogen) atoms. The van der Waals surface area contributed by atoms with E-state index in [-0.39, 0.29) is 24.3 Å². The molecule has 0 saturated carbocycles. The summed E-state index contributed by atoms with van der Waals surface area (Å²) in [4.78, 5) is 22.7. The second-order valence-corrected chi connectivity index (χ2v) is 6.50. The number of para-hydroxylation sites is 1. The van der Waals surface area contributed by atoms with E-state index < -0.39 is 0 Å². The molecule has 2 aromatic heterocycles. The molecule has 1 unspecified atom stereocenters. The molecule has 146 valence electrons. The minimum atomic E-state index is -0.240. The lowest BCUT2D eigenvalue weighted by Crippen LogP contribution is -2.40. The van der Waals surface area contributed by atoms with Gasteiger partial charge in [-0.05, 0) is 12.1 Å². The monoisotopic (exact) mass is 383 g/mol. The van der Waals surface area contributed by atoms with Crippen molar-refractivity contribution in [3.63, 3.8) is 0 Å². The number of fused-ring (bicyclic) bond motifs is 1. The molecule has 0 N–H and O–H groups in total. The van der Waals surface area contributed by atoms with E-state index in [2.05, 4.69) is 9.97 Å². The van der Waals surface area contributed by atoms with E-state index in [1.807, 2.05) is 30.3 Å². The maximum atomic E-state index is 12.5. The molecule has 3 aromatic rings. The molecule has 0 bridgehead atoms. The molecular weight excluding hydrogens is 362 g/mol. The minimum absolute atomic E-state index is 0.103. The van der Waals surface area contributed by atoms with Gasteiger partial charge in [0.2, 0.25) is 5.89 Å². The first kappa shape index (κ1) is 18.4. The zero-order valence-electron chi connectivity index (χ0n) is 15.5. The Morgan fingerprint density at radius 3 is 3.04 bits per heavy atom. The normalized spacial score (nSPS) is 16.8. The molecule has 4 rings (SSSR count). The fourth-order valence-electron chi connectivity index (χ4n) is 3.03. The maximum Gasteiger partial charge on any atom is 0.275 e. The highest BCUT2D eigenvalue weighted by Gasteiger charge is 2.22. The summed E-state index contributed by atoms with van der Waals surface area (Å²) in [5, 5.41) is 0.985. The highest BCUT2D eigenvalue weighted by molar-refractivity contribution is 5.91. The average molecular weight is 383 g/mol. The van der Waals surface area contributed by atoms with Gasteiger partial charge in [0.25, 0.3) is 5.91 Å². The fourth-order valence-corrected chi connectivity index (χ4v) is 3.03. The molecule has 1 aliphatic rings. The first-order valence-corrected chi connectivity index (χ1v) is 9.06. The Morgan fingerprint density at radius 1 is 1.29 bits per heavy atom. The van der Waals surface area contributed by atoms with Gasteiger partial charge in [-0.25, -0.2) is 4.98 Å². The SMILES string of the molecule is CN(CC1COCCO1)C(=O)c1coc(COc2cccc3cccnc23)n1. The number of hydrogen-bond acceptors (Lipinski definition) is 7. The summed E-state index contributed by atoms with van der Waals surface area (Å²) < 4.78 is 22.1. The molecule has 8 heteroatoms. The van der Waals surface area contributed by atoms with Crippen LogP contribution in [0.1, 0.15) is 16.4 Å². The topological polar surface area (TPSA) is 86.9 Å². The third kappa shape index (κ3) is 4.13. The number of benzene rings is 1. The smallest absolute Gasteiger partial charge is 0.275 e. The molecule has 8 nitrogen and oxygen atoms in total. The molecule has 1 fully saturated rings. The van der Waals surface area contributed by atoms with Crippen molar-refractivity contribution in [2.45, 2.75) is 12.7 Å². The van der Waals surface area contributed by atoms with Gasteiger partial charge in [0, 0.05) is 25.2 Å². The molecule has 0 radical (unpaired) electrons. The van der Waals surface area contributed by atoms with Crippen LogP contribution in [-0.2, 0) is 16.1 Å². The number of hydrogen-bond donors (Lipinski definition) is 0. The van der Waals surface area contributed by atoms with Crippen molar-refractivity contribution in [1.82, 2.24) is 14.9 Å². The van der Waals surface area contributed by atoms with Crippen LogP contribution >= 0.6 is 0 Å². The van der Waals surface area contributed by atoms with Crippen molar-refractivity contribution in [3.8, 4) is 5.75 Å². The fraction of sp³-hybridized carbons (Fsp3) is 0.350. The van der Waals surface area contributed by atoms with Crippen LogP contribution < -0.4 is 4.74 Å². The molecule has 0 aliphatic carbocycles. The van der Waals surface area contributed by atoms with Gasteiger partial charge >= 0.3 is 0 Å². The summed E-state index contributed by atoms with van der Waals surface area (Å²) in [5.74, 6) is 0.716. The second-order valence-electron chi connectivity index (χ2n) is 6.50. The number of aromatic nitrogens is 2. The van der Waals surface area contributed by atoms with Crippen molar-refractivity contribution < 1.29 is 23.4 Å². The van der Waals surface area contributed by atoms with E-state index in [9.17, 15) is 4.79 Å². The van der Waals surface area contributed by atoms with Crippen LogP contribution in [0.15, 0.2) is 47.2 Å². The summed E-state index contributed by atoms with van der Waals surface area (Å²) in [6, 6.07) is 9.54. The van der Waals surface area contributed by atoms with E-state index in [1.165, 1.54) is 6.26 Å². The summed E-state index contributed by atoms with van der Waals surface area (Å²) in [7, 11) is 1.70. The average Bonchev–Trinajstić information content (AvgIpc) is 3.21. The van der Waals surface area contributed by atoms with Crippen LogP contribution in [0, 0.1) is 0 Å². The van der Waals surface area contributed by atoms with E-state index >= 15 is 0 Å². The number of pyridine rings is 1. The first-order valence-electron chi connectivity index (χ1n) is 9.06. The Hall–Kier alpha value is -2.97.